The number of thiazole rings is 1. The van der Waals surface area contributed by atoms with Crippen LogP contribution < -0.4 is 4.72 Å². The Morgan fingerprint density at radius 1 is 1.32 bits per heavy atom. The molecule has 0 saturated carbocycles. The molecule has 6 nitrogen and oxygen atoms in total. The first-order valence-corrected chi connectivity index (χ1v) is 9.13. The van der Waals surface area contributed by atoms with Crippen molar-refractivity contribution in [3.63, 3.8) is 0 Å². The van der Waals surface area contributed by atoms with Crippen LogP contribution in [0, 0.1) is 0 Å². The molecule has 1 N–H and O–H groups in total. The molecule has 0 fully saturated rings. The fourth-order valence-electron chi connectivity index (χ4n) is 1.45. The van der Waals surface area contributed by atoms with E-state index in [2.05, 4.69) is 17.7 Å². The van der Waals surface area contributed by atoms with Crippen molar-refractivity contribution in [1.29, 1.82) is 0 Å². The Hall–Kier alpha value is -0.991. The number of benzene rings is 1. The Bertz CT molecular complexity index is 845. The van der Waals surface area contributed by atoms with Gasteiger partial charge in [0.1, 0.15) is 0 Å². The standard InChI is InChI=1S/C9H5ClN4O2S2Se/c10-9-11-4-7(17-9)18(15,16)12-5-2-1-3-6-8(5)14-19-13-6/h1-4,12H. The van der Waals surface area contributed by atoms with Crippen LogP contribution in [0.3, 0.4) is 0 Å². The third-order valence-corrected chi connectivity index (χ3v) is 6.33. The first-order chi connectivity index (χ1) is 9.06. The molecule has 1 aromatic carbocycles. The predicted octanol–water partition coefficient (Wildman–Crippen LogP) is 1.60. The van der Waals surface area contributed by atoms with E-state index >= 15 is 0 Å². The molecule has 0 atom stereocenters. The molecule has 19 heavy (non-hydrogen) atoms. The molecule has 0 aliphatic heterocycles. The van der Waals surface area contributed by atoms with E-state index in [4.69, 9.17) is 11.6 Å². The number of sulfonamides is 1. The summed E-state index contributed by atoms with van der Waals surface area (Å²) in [7, 11) is -3.69. The van der Waals surface area contributed by atoms with Crippen molar-refractivity contribution in [2.24, 2.45) is 0 Å². The number of nitrogens with zero attached hydrogens (tertiary/aromatic N) is 3. The number of anilines is 1. The summed E-state index contributed by atoms with van der Waals surface area (Å²) in [6, 6.07) is 5.19. The maximum absolute atomic E-state index is 12.1. The van der Waals surface area contributed by atoms with E-state index in [1.807, 2.05) is 0 Å². The zero-order chi connectivity index (χ0) is 13.5. The van der Waals surface area contributed by atoms with Gasteiger partial charge in [-0.2, -0.15) is 0 Å². The molecule has 3 rings (SSSR count). The van der Waals surface area contributed by atoms with E-state index in [1.54, 1.807) is 18.2 Å². The number of hydrogen-bond acceptors (Lipinski definition) is 6. The van der Waals surface area contributed by atoms with Gasteiger partial charge in [-0.25, -0.2) is 0 Å². The number of rotatable bonds is 3. The van der Waals surface area contributed by atoms with Gasteiger partial charge in [0.25, 0.3) is 0 Å². The second-order valence-electron chi connectivity index (χ2n) is 3.48. The van der Waals surface area contributed by atoms with E-state index < -0.39 is 10.0 Å². The molecule has 0 saturated heterocycles. The Morgan fingerprint density at radius 2 is 2.16 bits per heavy atom. The molecule has 0 radical (unpaired) electrons. The summed E-state index contributed by atoms with van der Waals surface area (Å²) < 4.78 is 35.4. The normalized spacial score (nSPS) is 11.8. The molecule has 3 aromatic rings. The van der Waals surface area contributed by atoms with Crippen molar-refractivity contribution >= 4 is 64.6 Å². The average Bonchev–Trinajstić information content (AvgIpc) is 2.97. The van der Waals surface area contributed by atoms with E-state index in [-0.39, 0.29) is 23.6 Å². The van der Waals surface area contributed by atoms with Crippen molar-refractivity contribution in [3.8, 4) is 0 Å². The maximum atomic E-state index is 12.1. The van der Waals surface area contributed by atoms with Gasteiger partial charge in [-0.1, -0.05) is 0 Å². The third kappa shape index (κ3) is 2.52. The zero-order valence-corrected chi connectivity index (χ0v) is 13.2. The number of nitrogens with one attached hydrogen (secondary N) is 1. The Labute approximate surface area is 123 Å². The molecule has 2 aromatic heterocycles. The predicted molar refractivity (Wildman–Crippen MR) is 74.4 cm³/mol. The van der Waals surface area contributed by atoms with Gasteiger partial charge in [-0.05, 0) is 0 Å². The monoisotopic (exact) mass is 380 g/mol. The van der Waals surface area contributed by atoms with E-state index in [9.17, 15) is 8.42 Å². The average molecular weight is 380 g/mol. The molecular weight excluding hydrogens is 375 g/mol. The van der Waals surface area contributed by atoms with Crippen LogP contribution >= 0.6 is 22.9 Å². The van der Waals surface area contributed by atoms with Crippen molar-refractivity contribution in [3.05, 3.63) is 28.9 Å². The molecule has 0 unspecified atom stereocenters. The summed E-state index contributed by atoms with van der Waals surface area (Å²) >= 11 is 6.34. The van der Waals surface area contributed by atoms with Gasteiger partial charge in [0.05, 0.1) is 0 Å². The number of fused-ring (bicyclic) bond motifs is 1. The van der Waals surface area contributed by atoms with Crippen molar-refractivity contribution in [2.45, 2.75) is 4.21 Å². The van der Waals surface area contributed by atoms with Crippen LogP contribution in [0.1, 0.15) is 0 Å². The number of halogens is 1. The molecule has 2 heterocycles. The topological polar surface area (TPSA) is 84.8 Å². The van der Waals surface area contributed by atoms with E-state index in [1.165, 1.54) is 6.20 Å². The third-order valence-electron chi connectivity index (χ3n) is 2.25. The summed E-state index contributed by atoms with van der Waals surface area (Å²) in [4.78, 5) is 3.72. The minimum atomic E-state index is -3.69. The summed E-state index contributed by atoms with van der Waals surface area (Å²) in [6.45, 7) is 0. The van der Waals surface area contributed by atoms with Crippen molar-refractivity contribution in [1.82, 2.24) is 12.9 Å². The fraction of sp³-hybridized carbons (Fsp3) is 0. The first kappa shape index (κ1) is 13.0. The molecule has 98 valence electrons. The summed E-state index contributed by atoms with van der Waals surface area (Å²) in [5.41, 5.74) is 1.72. The molecule has 0 bridgehead atoms. The Kier molecular flexibility index (Phi) is 3.32. The second kappa shape index (κ2) is 4.84. The molecule has 0 aliphatic rings. The van der Waals surface area contributed by atoms with Gasteiger partial charge in [0, 0.05) is 0 Å². The molecule has 10 heteroatoms. The van der Waals surface area contributed by atoms with Crippen molar-refractivity contribution in [2.75, 3.05) is 4.72 Å². The van der Waals surface area contributed by atoms with Crippen LogP contribution in [0.15, 0.2) is 28.6 Å². The molecular formula is C9H5ClN4O2S2Se. The fourth-order valence-corrected chi connectivity index (χ4v) is 4.96. The zero-order valence-electron chi connectivity index (χ0n) is 9.07. The van der Waals surface area contributed by atoms with Crippen LogP contribution in [0.2, 0.25) is 4.47 Å². The van der Waals surface area contributed by atoms with Gasteiger partial charge >= 0.3 is 124 Å². The summed E-state index contributed by atoms with van der Waals surface area (Å²) in [6.07, 6.45) is 1.23. The van der Waals surface area contributed by atoms with Gasteiger partial charge in [0.2, 0.25) is 0 Å². The van der Waals surface area contributed by atoms with Crippen molar-refractivity contribution < 1.29 is 8.42 Å². The SMILES string of the molecule is O=S(=O)(Nc1cccc2n[se]nc12)c1cnc(Cl)s1. The summed E-state index contributed by atoms with van der Waals surface area (Å²) in [5, 5.41) is 0. The van der Waals surface area contributed by atoms with Gasteiger partial charge in [-0.15, -0.1) is 0 Å². The summed E-state index contributed by atoms with van der Waals surface area (Å²) in [5.74, 6) is 0. The number of aromatic nitrogens is 3. The van der Waals surface area contributed by atoms with Crippen LogP contribution in [-0.4, -0.2) is 36.3 Å². The van der Waals surface area contributed by atoms with Crippen LogP contribution in [0.4, 0.5) is 5.69 Å². The Morgan fingerprint density at radius 3 is 2.89 bits per heavy atom. The molecule has 0 aliphatic carbocycles. The van der Waals surface area contributed by atoms with E-state index in [0.29, 0.717) is 16.7 Å². The number of hydrogen-bond donors (Lipinski definition) is 1. The first-order valence-electron chi connectivity index (χ1n) is 4.92. The van der Waals surface area contributed by atoms with Crippen LogP contribution in [-0.2, 0) is 10.0 Å². The van der Waals surface area contributed by atoms with Gasteiger partial charge < -0.3 is 0 Å². The minimum absolute atomic E-state index is 0.0653. The second-order valence-corrected chi connectivity index (χ2v) is 8.11. The van der Waals surface area contributed by atoms with Gasteiger partial charge in [-0.3, -0.25) is 0 Å². The van der Waals surface area contributed by atoms with Gasteiger partial charge in [0.15, 0.2) is 0 Å². The van der Waals surface area contributed by atoms with Crippen LogP contribution in [0.25, 0.3) is 11.0 Å². The van der Waals surface area contributed by atoms with Crippen LogP contribution in [0.5, 0.6) is 0 Å². The quantitative estimate of drug-likeness (QED) is 0.699. The molecule has 0 spiro atoms. The van der Waals surface area contributed by atoms with E-state index in [0.717, 1.165) is 11.3 Å². The Balaban J connectivity index is 2.03. The molecule has 0 amide bonds.